The standard InChI is InChI=1S/C24H35N5O/c30-24(25-12-5-15-29-16-6-13-26-29)22-9-4-14-28(20-22)23-10-17-27(18-11-23)19-21-7-2-1-3-8-21/h1-3,6-8,13,16,22-23H,4-5,9-12,14-15,17-20H2,(H,25,30)/t22-/m0/s1. The molecule has 0 aliphatic carbocycles. The van der Waals surface area contributed by atoms with Crippen LogP contribution in [0.1, 0.15) is 37.7 Å². The first-order valence-electron chi connectivity index (χ1n) is 11.5. The Morgan fingerprint density at radius 1 is 1.07 bits per heavy atom. The van der Waals surface area contributed by atoms with Gasteiger partial charge in [0.1, 0.15) is 0 Å². The minimum absolute atomic E-state index is 0.144. The summed E-state index contributed by atoms with van der Waals surface area (Å²) in [5.74, 6) is 0.382. The molecular weight excluding hydrogens is 374 g/mol. The van der Waals surface area contributed by atoms with Crippen LogP contribution in [0.15, 0.2) is 48.8 Å². The quantitative estimate of drug-likeness (QED) is 0.681. The SMILES string of the molecule is O=C(NCCCn1cccn1)[C@H]1CCCN(C2CCN(Cc3ccccc3)CC2)C1. The van der Waals surface area contributed by atoms with Gasteiger partial charge in [-0.1, -0.05) is 30.3 Å². The van der Waals surface area contributed by atoms with E-state index in [0.717, 1.165) is 65.1 Å². The minimum atomic E-state index is 0.144. The summed E-state index contributed by atoms with van der Waals surface area (Å²) in [6.45, 7) is 7.01. The van der Waals surface area contributed by atoms with Crippen molar-refractivity contribution in [3.63, 3.8) is 0 Å². The summed E-state index contributed by atoms with van der Waals surface area (Å²) < 4.78 is 1.92. The second-order valence-electron chi connectivity index (χ2n) is 8.74. The van der Waals surface area contributed by atoms with Crippen LogP contribution in [0.25, 0.3) is 0 Å². The highest BCUT2D eigenvalue weighted by atomic mass is 16.1. The van der Waals surface area contributed by atoms with Crippen molar-refractivity contribution in [3.8, 4) is 0 Å². The summed E-state index contributed by atoms with van der Waals surface area (Å²) >= 11 is 0. The number of carbonyl (C=O) groups excluding carboxylic acids is 1. The van der Waals surface area contributed by atoms with E-state index in [4.69, 9.17) is 0 Å². The maximum atomic E-state index is 12.7. The molecule has 0 bridgehead atoms. The molecular formula is C24H35N5O. The zero-order valence-electron chi connectivity index (χ0n) is 18.0. The van der Waals surface area contributed by atoms with Crippen molar-refractivity contribution in [2.24, 2.45) is 5.92 Å². The van der Waals surface area contributed by atoms with Crippen molar-refractivity contribution >= 4 is 5.91 Å². The molecule has 6 heteroatoms. The zero-order chi connectivity index (χ0) is 20.6. The number of amides is 1. The Kier molecular flexibility index (Phi) is 7.54. The van der Waals surface area contributed by atoms with E-state index in [1.807, 2.05) is 16.9 Å². The molecule has 2 aliphatic heterocycles. The Labute approximate surface area is 180 Å². The van der Waals surface area contributed by atoms with Crippen LogP contribution in [-0.4, -0.2) is 64.3 Å². The van der Waals surface area contributed by atoms with E-state index in [9.17, 15) is 4.79 Å². The van der Waals surface area contributed by atoms with Gasteiger partial charge in [0, 0.05) is 44.6 Å². The van der Waals surface area contributed by atoms with Gasteiger partial charge in [0.2, 0.25) is 5.91 Å². The lowest BCUT2D eigenvalue weighted by atomic mass is 9.93. The number of likely N-dealkylation sites (tertiary alicyclic amines) is 2. The van der Waals surface area contributed by atoms with Gasteiger partial charge in [0.25, 0.3) is 0 Å². The van der Waals surface area contributed by atoms with E-state index in [2.05, 4.69) is 50.5 Å². The Morgan fingerprint density at radius 2 is 1.90 bits per heavy atom. The summed E-state index contributed by atoms with van der Waals surface area (Å²) in [7, 11) is 0. The molecule has 2 aromatic rings. The molecule has 1 amide bonds. The van der Waals surface area contributed by atoms with Crippen molar-refractivity contribution < 1.29 is 4.79 Å². The van der Waals surface area contributed by atoms with Crippen molar-refractivity contribution in [2.45, 2.75) is 51.2 Å². The average Bonchev–Trinajstić information content (AvgIpc) is 3.31. The molecule has 162 valence electrons. The first-order valence-corrected chi connectivity index (χ1v) is 11.5. The predicted octanol–water partition coefficient (Wildman–Crippen LogP) is 2.77. The van der Waals surface area contributed by atoms with Gasteiger partial charge in [-0.3, -0.25) is 19.3 Å². The molecule has 4 rings (SSSR count). The number of nitrogens with one attached hydrogen (secondary N) is 1. The topological polar surface area (TPSA) is 53.4 Å². The fourth-order valence-corrected chi connectivity index (χ4v) is 4.87. The third-order valence-electron chi connectivity index (χ3n) is 6.57. The molecule has 0 unspecified atom stereocenters. The Morgan fingerprint density at radius 3 is 2.67 bits per heavy atom. The summed E-state index contributed by atoms with van der Waals surface area (Å²) in [6.07, 6.45) is 9.26. The summed E-state index contributed by atoms with van der Waals surface area (Å²) in [6, 6.07) is 13.3. The summed E-state index contributed by atoms with van der Waals surface area (Å²) in [5.41, 5.74) is 1.40. The lowest BCUT2D eigenvalue weighted by Crippen LogP contribution is -2.50. The van der Waals surface area contributed by atoms with E-state index in [1.165, 1.54) is 18.4 Å². The van der Waals surface area contributed by atoms with Gasteiger partial charge in [0.15, 0.2) is 0 Å². The largest absolute Gasteiger partial charge is 0.356 e. The lowest BCUT2D eigenvalue weighted by Gasteiger charge is -2.42. The highest BCUT2D eigenvalue weighted by molar-refractivity contribution is 5.78. The van der Waals surface area contributed by atoms with Crippen LogP contribution < -0.4 is 5.32 Å². The summed E-state index contributed by atoms with van der Waals surface area (Å²) in [4.78, 5) is 17.8. The minimum Gasteiger partial charge on any atom is -0.356 e. The smallest absolute Gasteiger partial charge is 0.224 e. The highest BCUT2D eigenvalue weighted by Gasteiger charge is 2.31. The Hall–Kier alpha value is -2.18. The first-order chi connectivity index (χ1) is 14.8. The molecule has 0 radical (unpaired) electrons. The van der Waals surface area contributed by atoms with Gasteiger partial charge in [-0.15, -0.1) is 0 Å². The van der Waals surface area contributed by atoms with E-state index in [-0.39, 0.29) is 11.8 Å². The molecule has 2 saturated heterocycles. The van der Waals surface area contributed by atoms with Gasteiger partial charge in [-0.05, 0) is 63.4 Å². The molecule has 1 aromatic carbocycles. The normalized spacial score (nSPS) is 21.5. The van der Waals surface area contributed by atoms with Crippen molar-refractivity contribution in [1.82, 2.24) is 24.9 Å². The Balaban J connectivity index is 1.17. The number of piperidine rings is 2. The molecule has 1 N–H and O–H groups in total. The van der Waals surface area contributed by atoms with Gasteiger partial charge in [0.05, 0.1) is 5.92 Å². The third-order valence-corrected chi connectivity index (χ3v) is 6.57. The molecule has 2 fully saturated rings. The number of nitrogens with zero attached hydrogens (tertiary/aromatic N) is 4. The fourth-order valence-electron chi connectivity index (χ4n) is 4.87. The van der Waals surface area contributed by atoms with Crippen molar-refractivity contribution in [1.29, 1.82) is 0 Å². The van der Waals surface area contributed by atoms with E-state index in [0.29, 0.717) is 6.04 Å². The number of carbonyl (C=O) groups is 1. The average molecular weight is 410 g/mol. The molecule has 30 heavy (non-hydrogen) atoms. The molecule has 6 nitrogen and oxygen atoms in total. The number of hydrogen-bond donors (Lipinski definition) is 1. The maximum absolute atomic E-state index is 12.7. The van der Waals surface area contributed by atoms with Gasteiger partial charge in [-0.25, -0.2) is 0 Å². The predicted molar refractivity (Wildman–Crippen MR) is 119 cm³/mol. The van der Waals surface area contributed by atoms with E-state index >= 15 is 0 Å². The number of rotatable bonds is 8. The van der Waals surface area contributed by atoms with Crippen molar-refractivity contribution in [3.05, 3.63) is 54.4 Å². The summed E-state index contributed by atoms with van der Waals surface area (Å²) in [5, 5.41) is 7.36. The Bertz CT molecular complexity index is 755. The second-order valence-corrected chi connectivity index (χ2v) is 8.74. The number of benzene rings is 1. The molecule has 1 aromatic heterocycles. The third kappa shape index (κ3) is 5.92. The monoisotopic (exact) mass is 409 g/mol. The second kappa shape index (κ2) is 10.7. The van der Waals surface area contributed by atoms with Gasteiger partial charge >= 0.3 is 0 Å². The molecule has 2 aliphatic rings. The number of hydrogen-bond acceptors (Lipinski definition) is 4. The lowest BCUT2D eigenvalue weighted by molar-refractivity contribution is -0.127. The fraction of sp³-hybridized carbons (Fsp3) is 0.583. The van der Waals surface area contributed by atoms with Crippen LogP contribution in [0.4, 0.5) is 0 Å². The van der Waals surface area contributed by atoms with Crippen LogP contribution in [0.2, 0.25) is 0 Å². The molecule has 3 heterocycles. The van der Waals surface area contributed by atoms with Crippen molar-refractivity contribution in [2.75, 3.05) is 32.7 Å². The van der Waals surface area contributed by atoms with Crippen LogP contribution in [0.3, 0.4) is 0 Å². The van der Waals surface area contributed by atoms with Gasteiger partial charge in [-0.2, -0.15) is 5.10 Å². The van der Waals surface area contributed by atoms with Crippen LogP contribution >= 0.6 is 0 Å². The van der Waals surface area contributed by atoms with Crippen LogP contribution in [-0.2, 0) is 17.9 Å². The first kappa shape index (κ1) is 21.1. The van der Waals surface area contributed by atoms with E-state index < -0.39 is 0 Å². The zero-order valence-corrected chi connectivity index (χ0v) is 18.0. The molecule has 0 spiro atoms. The maximum Gasteiger partial charge on any atom is 0.224 e. The van der Waals surface area contributed by atoms with Crippen LogP contribution in [0, 0.1) is 5.92 Å². The number of aromatic nitrogens is 2. The molecule has 0 saturated carbocycles. The van der Waals surface area contributed by atoms with E-state index in [1.54, 1.807) is 6.20 Å². The molecule has 1 atom stereocenters. The number of aryl methyl sites for hydroxylation is 1. The highest BCUT2D eigenvalue weighted by Crippen LogP contribution is 2.24. The van der Waals surface area contributed by atoms with Gasteiger partial charge < -0.3 is 5.32 Å². The van der Waals surface area contributed by atoms with Crippen LogP contribution in [0.5, 0.6) is 0 Å².